The van der Waals surface area contributed by atoms with E-state index in [4.69, 9.17) is 4.74 Å². The maximum Gasteiger partial charge on any atom is 0.257 e. The molecule has 0 N–H and O–H groups in total. The Labute approximate surface area is 155 Å². The van der Waals surface area contributed by atoms with Crippen molar-refractivity contribution in [3.8, 4) is 5.75 Å². The zero-order valence-corrected chi connectivity index (χ0v) is 16.2. The maximum atomic E-state index is 13.0. The minimum atomic E-state index is -2.87. The highest BCUT2D eigenvalue weighted by atomic mass is 32.2. The van der Waals surface area contributed by atoms with Crippen molar-refractivity contribution in [2.75, 3.05) is 37.7 Å². The first-order valence-corrected chi connectivity index (χ1v) is 11.2. The third-order valence-corrected chi connectivity index (χ3v) is 7.85. The molecule has 3 heterocycles. The van der Waals surface area contributed by atoms with Crippen LogP contribution in [0.5, 0.6) is 5.75 Å². The zero-order valence-electron chi connectivity index (χ0n) is 15.3. The molecule has 0 spiro atoms. The van der Waals surface area contributed by atoms with Crippen LogP contribution in [0.15, 0.2) is 18.2 Å². The zero-order chi connectivity index (χ0) is 18.5. The first kappa shape index (κ1) is 17.8. The van der Waals surface area contributed by atoms with Crippen molar-refractivity contribution in [1.29, 1.82) is 0 Å². The molecule has 0 aliphatic carbocycles. The molecule has 0 radical (unpaired) electrons. The molecular weight excluding hydrogens is 352 g/mol. The van der Waals surface area contributed by atoms with Crippen LogP contribution in [0, 0.1) is 0 Å². The lowest BCUT2D eigenvalue weighted by Gasteiger charge is -2.37. The van der Waals surface area contributed by atoms with Crippen LogP contribution in [0.25, 0.3) is 0 Å². The average molecular weight is 378 g/mol. The smallest absolute Gasteiger partial charge is 0.257 e. The topological polar surface area (TPSA) is 66.9 Å². The maximum absolute atomic E-state index is 13.0. The Morgan fingerprint density at radius 1 is 1.15 bits per heavy atom. The van der Waals surface area contributed by atoms with Crippen LogP contribution in [0.3, 0.4) is 0 Å². The molecule has 3 aliphatic rings. The summed E-state index contributed by atoms with van der Waals surface area (Å²) >= 11 is 0. The molecule has 1 aromatic rings. The third-order valence-electron chi connectivity index (χ3n) is 6.10. The highest BCUT2D eigenvalue weighted by Crippen LogP contribution is 2.40. The summed E-state index contributed by atoms with van der Waals surface area (Å²) in [4.78, 5) is 17.1. The molecule has 0 bridgehead atoms. The van der Waals surface area contributed by atoms with Crippen LogP contribution >= 0.6 is 0 Å². The number of piperazine rings is 1. The van der Waals surface area contributed by atoms with E-state index < -0.39 is 9.84 Å². The van der Waals surface area contributed by atoms with Gasteiger partial charge < -0.3 is 9.64 Å². The summed E-state index contributed by atoms with van der Waals surface area (Å²) in [5.74, 6) is 1.60. The normalized spacial score (nSPS) is 30.8. The molecule has 142 valence electrons. The number of carbonyl (C=O) groups is 1. The molecular formula is C19H26N2O4S. The standard InChI is InChI=1S/C19H26N2O4S/c1-13-14(2)25-18-16(13)4-3-5-17(18)19(22)21-9-7-20(8-10-21)15-6-11-26(23,24)12-15/h3-5,13-15H,6-12H2,1-2H3/t13-,14-,15+/m0/s1. The second-order valence-corrected chi connectivity index (χ2v) is 9.95. The quantitative estimate of drug-likeness (QED) is 0.781. The van der Waals surface area contributed by atoms with E-state index >= 15 is 0 Å². The van der Waals surface area contributed by atoms with Crippen molar-refractivity contribution in [2.45, 2.75) is 38.3 Å². The van der Waals surface area contributed by atoms with E-state index in [1.807, 2.05) is 30.0 Å². The minimum Gasteiger partial charge on any atom is -0.489 e. The fraction of sp³-hybridized carbons (Fsp3) is 0.632. The average Bonchev–Trinajstić information content (AvgIpc) is 3.14. The fourth-order valence-electron chi connectivity index (χ4n) is 4.28. The van der Waals surface area contributed by atoms with Gasteiger partial charge >= 0.3 is 0 Å². The van der Waals surface area contributed by atoms with Crippen molar-refractivity contribution < 1.29 is 17.9 Å². The summed E-state index contributed by atoms with van der Waals surface area (Å²) in [6.07, 6.45) is 0.798. The van der Waals surface area contributed by atoms with Crippen molar-refractivity contribution in [3.05, 3.63) is 29.3 Å². The molecule has 3 aliphatic heterocycles. The van der Waals surface area contributed by atoms with Crippen LogP contribution in [-0.2, 0) is 9.84 Å². The summed E-state index contributed by atoms with van der Waals surface area (Å²) in [6.45, 7) is 6.88. The van der Waals surface area contributed by atoms with E-state index in [-0.39, 0.29) is 23.8 Å². The van der Waals surface area contributed by atoms with E-state index in [1.54, 1.807) is 0 Å². The van der Waals surface area contributed by atoms with Gasteiger partial charge in [-0.2, -0.15) is 0 Å². The molecule has 3 atom stereocenters. The molecule has 2 saturated heterocycles. The highest BCUT2D eigenvalue weighted by Gasteiger charge is 2.36. The van der Waals surface area contributed by atoms with Gasteiger partial charge in [-0.3, -0.25) is 9.69 Å². The number of nitrogens with zero attached hydrogens (tertiary/aromatic N) is 2. The number of carbonyl (C=O) groups excluding carboxylic acids is 1. The van der Waals surface area contributed by atoms with Gasteiger partial charge in [0.05, 0.1) is 17.1 Å². The molecule has 1 aromatic carbocycles. The van der Waals surface area contributed by atoms with Crippen molar-refractivity contribution in [3.63, 3.8) is 0 Å². The SMILES string of the molecule is C[C@@H]1Oc2c(C(=O)N3CCN([C@@H]4CCS(=O)(=O)C4)CC3)cccc2[C@H]1C. The first-order chi connectivity index (χ1) is 12.4. The summed E-state index contributed by atoms with van der Waals surface area (Å²) < 4.78 is 29.4. The van der Waals surface area contributed by atoms with Gasteiger partial charge in [0.25, 0.3) is 5.91 Å². The number of para-hydroxylation sites is 1. The molecule has 0 saturated carbocycles. The van der Waals surface area contributed by atoms with Crippen LogP contribution in [0.4, 0.5) is 0 Å². The van der Waals surface area contributed by atoms with E-state index in [0.29, 0.717) is 36.7 Å². The molecule has 1 amide bonds. The number of rotatable bonds is 2. The van der Waals surface area contributed by atoms with Crippen LogP contribution in [-0.4, -0.2) is 74.0 Å². The van der Waals surface area contributed by atoms with Gasteiger partial charge in [-0.1, -0.05) is 19.1 Å². The summed E-state index contributed by atoms with van der Waals surface area (Å²) in [5, 5.41) is 0. The third kappa shape index (κ3) is 3.11. The highest BCUT2D eigenvalue weighted by molar-refractivity contribution is 7.91. The first-order valence-electron chi connectivity index (χ1n) is 9.39. The van der Waals surface area contributed by atoms with Gasteiger partial charge in [0, 0.05) is 43.7 Å². The van der Waals surface area contributed by atoms with Gasteiger partial charge in [0.1, 0.15) is 11.9 Å². The van der Waals surface area contributed by atoms with Crippen LogP contribution in [0.1, 0.15) is 42.1 Å². The summed E-state index contributed by atoms with van der Waals surface area (Å²) in [6, 6.07) is 5.94. The number of ether oxygens (including phenoxy) is 1. The van der Waals surface area contributed by atoms with Crippen molar-refractivity contribution in [1.82, 2.24) is 9.80 Å². The molecule has 0 aromatic heterocycles. The van der Waals surface area contributed by atoms with Gasteiger partial charge in [0.15, 0.2) is 9.84 Å². The molecule has 4 rings (SSSR count). The van der Waals surface area contributed by atoms with Gasteiger partial charge in [-0.15, -0.1) is 0 Å². The van der Waals surface area contributed by atoms with E-state index in [2.05, 4.69) is 11.8 Å². The Bertz CT molecular complexity index is 815. The predicted octanol–water partition coefficient (Wildman–Crippen LogP) is 1.52. The lowest BCUT2D eigenvalue weighted by molar-refractivity contribution is 0.0583. The van der Waals surface area contributed by atoms with E-state index in [0.717, 1.165) is 24.4 Å². The number of benzene rings is 1. The number of hydrogen-bond acceptors (Lipinski definition) is 5. The fourth-order valence-corrected chi connectivity index (χ4v) is 6.04. The number of sulfone groups is 1. The number of hydrogen-bond donors (Lipinski definition) is 0. The van der Waals surface area contributed by atoms with E-state index in [9.17, 15) is 13.2 Å². The molecule has 2 fully saturated rings. The van der Waals surface area contributed by atoms with E-state index in [1.165, 1.54) is 0 Å². The summed E-state index contributed by atoms with van der Waals surface area (Å²) in [7, 11) is -2.87. The van der Waals surface area contributed by atoms with Gasteiger partial charge in [0.2, 0.25) is 0 Å². The summed E-state index contributed by atoms with van der Waals surface area (Å²) in [5.41, 5.74) is 1.76. The second kappa shape index (κ2) is 6.53. The Morgan fingerprint density at radius 2 is 1.88 bits per heavy atom. The molecule has 6 nitrogen and oxygen atoms in total. The number of fused-ring (bicyclic) bond motifs is 1. The number of amides is 1. The second-order valence-electron chi connectivity index (χ2n) is 7.72. The molecule has 7 heteroatoms. The minimum absolute atomic E-state index is 0.0156. The van der Waals surface area contributed by atoms with Crippen LogP contribution in [0.2, 0.25) is 0 Å². The van der Waals surface area contributed by atoms with Gasteiger partial charge in [-0.05, 0) is 19.4 Å². The predicted molar refractivity (Wildman–Crippen MR) is 99.5 cm³/mol. The molecule has 26 heavy (non-hydrogen) atoms. The lowest BCUT2D eigenvalue weighted by atomic mass is 9.96. The Kier molecular flexibility index (Phi) is 4.47. The van der Waals surface area contributed by atoms with Crippen molar-refractivity contribution in [2.24, 2.45) is 0 Å². The van der Waals surface area contributed by atoms with Crippen LogP contribution < -0.4 is 4.74 Å². The molecule has 0 unspecified atom stereocenters. The largest absolute Gasteiger partial charge is 0.489 e. The van der Waals surface area contributed by atoms with Crippen molar-refractivity contribution >= 4 is 15.7 Å². The lowest BCUT2D eigenvalue weighted by Crippen LogP contribution is -2.52. The Hall–Kier alpha value is -1.60. The Balaban J connectivity index is 1.44. The monoisotopic (exact) mass is 378 g/mol. The Morgan fingerprint density at radius 3 is 2.54 bits per heavy atom. The van der Waals surface area contributed by atoms with Gasteiger partial charge in [-0.25, -0.2) is 8.42 Å².